The molecule has 1 heterocycles. The summed E-state index contributed by atoms with van der Waals surface area (Å²) in [6.07, 6.45) is -0.311. The molecule has 0 aliphatic rings. The molecule has 1 atom stereocenters. The maximum Gasteiger partial charge on any atom is 0.225 e. The average Bonchev–Trinajstić information content (AvgIpc) is 2.97. The van der Waals surface area contributed by atoms with Crippen molar-refractivity contribution in [1.82, 2.24) is 5.32 Å². The zero-order valence-electron chi connectivity index (χ0n) is 13.3. The van der Waals surface area contributed by atoms with E-state index in [1.807, 2.05) is 41.8 Å². The van der Waals surface area contributed by atoms with Gasteiger partial charge in [-0.2, -0.15) is 0 Å². The van der Waals surface area contributed by atoms with E-state index in [1.165, 1.54) is 5.56 Å². The third-order valence-electron chi connectivity index (χ3n) is 3.57. The van der Waals surface area contributed by atoms with Crippen LogP contribution in [0.25, 0.3) is 0 Å². The monoisotopic (exact) mass is 317 g/mol. The highest BCUT2D eigenvalue weighted by Gasteiger charge is 2.15. The van der Waals surface area contributed by atoms with E-state index in [4.69, 9.17) is 0 Å². The fraction of sp³-hybridized carbons (Fsp3) is 0.389. The van der Waals surface area contributed by atoms with Crippen LogP contribution in [0.4, 0.5) is 0 Å². The highest BCUT2D eigenvalue weighted by atomic mass is 32.1. The van der Waals surface area contributed by atoms with Gasteiger partial charge in [0, 0.05) is 11.4 Å². The number of nitrogens with one attached hydrogen (secondary N) is 1. The molecule has 0 spiro atoms. The standard InChI is InChI=1S/C18H23NO2S/c1-18(2,3)14-8-6-13(7-9-14)16(20)12-19-17(21)11-15-5-4-10-22-15/h4-10,16,20H,11-12H2,1-3H3,(H,19,21). The minimum Gasteiger partial charge on any atom is -0.387 e. The Morgan fingerprint density at radius 2 is 1.91 bits per heavy atom. The lowest BCUT2D eigenvalue weighted by Crippen LogP contribution is -2.29. The lowest BCUT2D eigenvalue weighted by molar-refractivity contribution is -0.120. The molecule has 3 nitrogen and oxygen atoms in total. The van der Waals surface area contributed by atoms with Crippen molar-refractivity contribution < 1.29 is 9.90 Å². The Kier molecular flexibility index (Phi) is 5.37. The molecular weight excluding hydrogens is 294 g/mol. The minimum absolute atomic E-state index is 0.0622. The number of aliphatic hydroxyl groups excluding tert-OH is 1. The van der Waals surface area contributed by atoms with E-state index in [0.717, 1.165) is 10.4 Å². The topological polar surface area (TPSA) is 49.3 Å². The second-order valence-electron chi connectivity index (χ2n) is 6.45. The lowest BCUT2D eigenvalue weighted by Gasteiger charge is -2.20. The van der Waals surface area contributed by atoms with Gasteiger partial charge in [-0.15, -0.1) is 11.3 Å². The van der Waals surface area contributed by atoms with Crippen LogP contribution in [-0.2, 0) is 16.6 Å². The van der Waals surface area contributed by atoms with Crippen LogP contribution in [0.5, 0.6) is 0 Å². The predicted molar refractivity (Wildman–Crippen MR) is 91.1 cm³/mol. The van der Waals surface area contributed by atoms with Crippen LogP contribution in [-0.4, -0.2) is 17.6 Å². The third-order valence-corrected chi connectivity index (χ3v) is 4.45. The van der Waals surface area contributed by atoms with Gasteiger partial charge in [0.15, 0.2) is 0 Å². The SMILES string of the molecule is CC(C)(C)c1ccc(C(O)CNC(=O)Cc2cccs2)cc1. The number of amides is 1. The summed E-state index contributed by atoms with van der Waals surface area (Å²) >= 11 is 1.56. The molecule has 0 saturated carbocycles. The van der Waals surface area contributed by atoms with E-state index in [-0.39, 0.29) is 17.9 Å². The molecule has 2 N–H and O–H groups in total. The van der Waals surface area contributed by atoms with Gasteiger partial charge < -0.3 is 10.4 Å². The summed E-state index contributed by atoms with van der Waals surface area (Å²) in [5, 5.41) is 14.9. The first-order chi connectivity index (χ1) is 10.4. The van der Waals surface area contributed by atoms with E-state index >= 15 is 0 Å². The van der Waals surface area contributed by atoms with E-state index < -0.39 is 6.10 Å². The molecule has 0 bridgehead atoms. The van der Waals surface area contributed by atoms with Gasteiger partial charge in [-0.3, -0.25) is 4.79 Å². The summed E-state index contributed by atoms with van der Waals surface area (Å²) in [7, 11) is 0. The third kappa shape index (κ3) is 4.68. The average molecular weight is 317 g/mol. The molecule has 1 amide bonds. The number of hydrogen-bond donors (Lipinski definition) is 2. The zero-order chi connectivity index (χ0) is 16.2. The Balaban J connectivity index is 1.86. The zero-order valence-corrected chi connectivity index (χ0v) is 14.1. The Hall–Kier alpha value is -1.65. The molecular formula is C18H23NO2S. The van der Waals surface area contributed by atoms with Gasteiger partial charge in [0.2, 0.25) is 5.91 Å². The molecule has 2 rings (SSSR count). The maximum absolute atomic E-state index is 11.8. The van der Waals surface area contributed by atoms with Crippen molar-refractivity contribution >= 4 is 17.2 Å². The number of rotatable bonds is 5. The highest BCUT2D eigenvalue weighted by Crippen LogP contribution is 2.23. The van der Waals surface area contributed by atoms with Crippen LogP contribution in [0.2, 0.25) is 0 Å². The van der Waals surface area contributed by atoms with Gasteiger partial charge in [-0.1, -0.05) is 51.1 Å². The van der Waals surface area contributed by atoms with Crippen molar-refractivity contribution in [3.63, 3.8) is 0 Å². The minimum atomic E-state index is -0.679. The lowest BCUT2D eigenvalue weighted by atomic mass is 9.86. The molecule has 0 aliphatic carbocycles. The summed E-state index contributed by atoms with van der Waals surface area (Å²) in [6, 6.07) is 11.8. The summed E-state index contributed by atoms with van der Waals surface area (Å²) in [4.78, 5) is 12.8. The van der Waals surface area contributed by atoms with Crippen LogP contribution in [0, 0.1) is 0 Å². The summed E-state index contributed by atoms with van der Waals surface area (Å²) in [5.41, 5.74) is 2.15. The van der Waals surface area contributed by atoms with Crippen molar-refractivity contribution in [3.05, 3.63) is 57.8 Å². The first-order valence-electron chi connectivity index (χ1n) is 7.44. The number of carbonyl (C=O) groups excluding carboxylic acids is 1. The second-order valence-corrected chi connectivity index (χ2v) is 7.48. The quantitative estimate of drug-likeness (QED) is 0.887. The van der Waals surface area contributed by atoms with Crippen LogP contribution in [0.15, 0.2) is 41.8 Å². The molecule has 0 saturated heterocycles. The molecule has 2 aromatic rings. The van der Waals surface area contributed by atoms with Crippen molar-refractivity contribution in [2.45, 2.75) is 38.7 Å². The van der Waals surface area contributed by atoms with Gasteiger partial charge in [-0.25, -0.2) is 0 Å². The molecule has 0 fully saturated rings. The Bertz CT molecular complexity index is 597. The van der Waals surface area contributed by atoms with Gasteiger partial charge in [0.1, 0.15) is 0 Å². The molecule has 118 valence electrons. The molecule has 4 heteroatoms. The molecule has 1 aromatic carbocycles. The number of aliphatic hydroxyl groups is 1. The van der Waals surface area contributed by atoms with Crippen LogP contribution < -0.4 is 5.32 Å². The number of benzene rings is 1. The van der Waals surface area contributed by atoms with Crippen molar-refractivity contribution in [2.24, 2.45) is 0 Å². The Morgan fingerprint density at radius 3 is 2.45 bits per heavy atom. The van der Waals surface area contributed by atoms with Crippen LogP contribution in [0.1, 0.15) is 42.9 Å². The molecule has 22 heavy (non-hydrogen) atoms. The fourth-order valence-corrected chi connectivity index (χ4v) is 2.87. The Morgan fingerprint density at radius 1 is 1.23 bits per heavy atom. The van der Waals surface area contributed by atoms with Crippen LogP contribution >= 0.6 is 11.3 Å². The number of hydrogen-bond acceptors (Lipinski definition) is 3. The second kappa shape index (κ2) is 7.07. The summed E-state index contributed by atoms with van der Waals surface area (Å²) < 4.78 is 0. The fourth-order valence-electron chi connectivity index (χ4n) is 2.17. The normalized spacial score (nSPS) is 12.9. The van der Waals surface area contributed by atoms with E-state index in [2.05, 4.69) is 26.1 Å². The first kappa shape index (κ1) is 16.7. The molecule has 0 radical (unpaired) electrons. The molecule has 0 aliphatic heterocycles. The van der Waals surface area contributed by atoms with Gasteiger partial charge in [-0.05, 0) is 28.0 Å². The summed E-state index contributed by atoms with van der Waals surface area (Å²) in [5.74, 6) is -0.0622. The van der Waals surface area contributed by atoms with E-state index in [9.17, 15) is 9.90 Å². The highest BCUT2D eigenvalue weighted by molar-refractivity contribution is 7.10. The predicted octanol–water partition coefficient (Wildman–Crippen LogP) is 3.44. The largest absolute Gasteiger partial charge is 0.387 e. The number of thiophene rings is 1. The van der Waals surface area contributed by atoms with Gasteiger partial charge in [0.25, 0.3) is 0 Å². The van der Waals surface area contributed by atoms with E-state index in [0.29, 0.717) is 6.42 Å². The molecule has 1 unspecified atom stereocenters. The van der Waals surface area contributed by atoms with Crippen molar-refractivity contribution in [2.75, 3.05) is 6.54 Å². The van der Waals surface area contributed by atoms with Gasteiger partial charge >= 0.3 is 0 Å². The maximum atomic E-state index is 11.8. The number of carbonyl (C=O) groups is 1. The summed E-state index contributed by atoms with van der Waals surface area (Å²) in [6.45, 7) is 6.70. The van der Waals surface area contributed by atoms with Crippen molar-refractivity contribution in [1.29, 1.82) is 0 Å². The van der Waals surface area contributed by atoms with Crippen LogP contribution in [0.3, 0.4) is 0 Å². The first-order valence-corrected chi connectivity index (χ1v) is 8.32. The Labute approximate surface area is 136 Å². The van der Waals surface area contributed by atoms with E-state index in [1.54, 1.807) is 11.3 Å². The van der Waals surface area contributed by atoms with Crippen molar-refractivity contribution in [3.8, 4) is 0 Å². The smallest absolute Gasteiger partial charge is 0.225 e. The van der Waals surface area contributed by atoms with Gasteiger partial charge in [0.05, 0.1) is 12.5 Å². The molecule has 1 aromatic heterocycles.